The molecule has 1 amide bonds. The van der Waals surface area contributed by atoms with E-state index in [9.17, 15) is 14.9 Å². The van der Waals surface area contributed by atoms with Gasteiger partial charge in [0.1, 0.15) is 11.5 Å². The average molecular weight is 391 g/mol. The number of anilines is 1. The first-order valence-electron chi connectivity index (χ1n) is 8.28. The largest absolute Gasteiger partial charge is 0.457 e. The van der Waals surface area contributed by atoms with Crippen LogP contribution in [0.25, 0.3) is 10.2 Å². The van der Waals surface area contributed by atoms with Gasteiger partial charge in [0, 0.05) is 17.7 Å². The third-order valence-corrected chi connectivity index (χ3v) is 4.83. The van der Waals surface area contributed by atoms with Crippen molar-refractivity contribution >= 4 is 38.3 Å². The SMILES string of the molecule is O=C(Nc1nc2cc([N+](=O)[O-])ccc2s1)c1cccc(Oc2ccccc2)c1. The number of hydrogen-bond acceptors (Lipinski definition) is 6. The molecule has 1 N–H and O–H groups in total. The first kappa shape index (κ1) is 17.6. The topological polar surface area (TPSA) is 94.4 Å². The fourth-order valence-electron chi connectivity index (χ4n) is 2.58. The maximum Gasteiger partial charge on any atom is 0.271 e. The molecule has 0 radical (unpaired) electrons. The maximum absolute atomic E-state index is 12.6. The van der Waals surface area contributed by atoms with E-state index in [4.69, 9.17) is 4.74 Å². The molecule has 0 fully saturated rings. The van der Waals surface area contributed by atoms with Crippen LogP contribution in [0.2, 0.25) is 0 Å². The van der Waals surface area contributed by atoms with Gasteiger partial charge in [0.15, 0.2) is 5.13 Å². The third kappa shape index (κ3) is 3.81. The highest BCUT2D eigenvalue weighted by atomic mass is 32.1. The lowest BCUT2D eigenvalue weighted by Crippen LogP contribution is -2.11. The van der Waals surface area contributed by atoms with Crippen molar-refractivity contribution in [3.63, 3.8) is 0 Å². The van der Waals surface area contributed by atoms with Gasteiger partial charge in [-0.25, -0.2) is 4.98 Å². The quantitative estimate of drug-likeness (QED) is 0.370. The van der Waals surface area contributed by atoms with Crippen molar-refractivity contribution in [3.8, 4) is 11.5 Å². The minimum Gasteiger partial charge on any atom is -0.457 e. The van der Waals surface area contributed by atoms with Crippen molar-refractivity contribution in [1.29, 1.82) is 0 Å². The Morgan fingerprint density at radius 1 is 1.00 bits per heavy atom. The minimum absolute atomic E-state index is 0.0403. The average Bonchev–Trinajstić information content (AvgIpc) is 3.10. The van der Waals surface area contributed by atoms with Crippen LogP contribution in [0.3, 0.4) is 0 Å². The Hall–Kier alpha value is -3.78. The smallest absolute Gasteiger partial charge is 0.271 e. The first-order chi connectivity index (χ1) is 13.6. The van der Waals surface area contributed by atoms with Crippen molar-refractivity contribution < 1.29 is 14.5 Å². The van der Waals surface area contributed by atoms with Crippen LogP contribution in [-0.4, -0.2) is 15.8 Å². The summed E-state index contributed by atoms with van der Waals surface area (Å²) in [5, 5.41) is 14.0. The molecule has 138 valence electrons. The van der Waals surface area contributed by atoms with Crippen molar-refractivity contribution in [2.75, 3.05) is 5.32 Å². The molecule has 0 bridgehead atoms. The lowest BCUT2D eigenvalue weighted by molar-refractivity contribution is -0.384. The number of fused-ring (bicyclic) bond motifs is 1. The van der Waals surface area contributed by atoms with Gasteiger partial charge in [0.05, 0.1) is 15.1 Å². The van der Waals surface area contributed by atoms with E-state index >= 15 is 0 Å². The Morgan fingerprint density at radius 2 is 1.79 bits per heavy atom. The predicted octanol–water partition coefficient (Wildman–Crippen LogP) is 5.25. The van der Waals surface area contributed by atoms with Gasteiger partial charge in [0.25, 0.3) is 11.6 Å². The molecule has 0 aliphatic carbocycles. The second-order valence-corrected chi connectivity index (χ2v) is 6.86. The molecule has 0 aliphatic heterocycles. The lowest BCUT2D eigenvalue weighted by Gasteiger charge is -2.07. The zero-order valence-electron chi connectivity index (χ0n) is 14.4. The van der Waals surface area contributed by atoms with Crippen molar-refractivity contribution in [2.24, 2.45) is 0 Å². The molecule has 4 aromatic rings. The van der Waals surface area contributed by atoms with Gasteiger partial charge >= 0.3 is 0 Å². The molecule has 1 aromatic heterocycles. The van der Waals surface area contributed by atoms with Crippen LogP contribution in [0.4, 0.5) is 10.8 Å². The standard InChI is InChI=1S/C20H13N3O4S/c24-19(13-5-4-8-16(11-13)27-15-6-2-1-3-7-15)22-20-21-17-12-14(23(25)26)9-10-18(17)28-20/h1-12H,(H,21,22,24). The molecule has 7 nitrogen and oxygen atoms in total. The maximum atomic E-state index is 12.6. The van der Waals surface area contributed by atoms with E-state index in [2.05, 4.69) is 10.3 Å². The van der Waals surface area contributed by atoms with Gasteiger partial charge in [0.2, 0.25) is 0 Å². The highest BCUT2D eigenvalue weighted by Gasteiger charge is 2.13. The van der Waals surface area contributed by atoms with Gasteiger partial charge in [-0.05, 0) is 36.4 Å². The Bertz CT molecular complexity index is 1170. The molecule has 4 rings (SSSR count). The van der Waals surface area contributed by atoms with Crippen LogP contribution in [0.1, 0.15) is 10.4 Å². The van der Waals surface area contributed by atoms with Crippen LogP contribution < -0.4 is 10.1 Å². The molecule has 0 spiro atoms. The number of aromatic nitrogens is 1. The van der Waals surface area contributed by atoms with Gasteiger partial charge in [-0.1, -0.05) is 35.6 Å². The van der Waals surface area contributed by atoms with Crippen LogP contribution in [0, 0.1) is 10.1 Å². The number of nitro benzene ring substituents is 1. The molecular weight excluding hydrogens is 378 g/mol. The number of ether oxygens (including phenoxy) is 1. The number of hydrogen-bond donors (Lipinski definition) is 1. The number of nitrogens with one attached hydrogen (secondary N) is 1. The van der Waals surface area contributed by atoms with Gasteiger partial charge in [-0.3, -0.25) is 20.2 Å². The van der Waals surface area contributed by atoms with Gasteiger partial charge in [-0.2, -0.15) is 0 Å². The number of amides is 1. The second kappa shape index (κ2) is 7.45. The van der Waals surface area contributed by atoms with E-state index in [1.165, 1.54) is 23.5 Å². The summed E-state index contributed by atoms with van der Waals surface area (Å²) in [5.74, 6) is 0.874. The van der Waals surface area contributed by atoms with Gasteiger partial charge in [-0.15, -0.1) is 0 Å². The molecule has 0 saturated carbocycles. The molecule has 0 atom stereocenters. The fourth-order valence-corrected chi connectivity index (χ4v) is 3.42. The number of non-ortho nitro benzene ring substituents is 1. The summed E-state index contributed by atoms with van der Waals surface area (Å²) in [6.07, 6.45) is 0. The number of thiazole rings is 1. The summed E-state index contributed by atoms with van der Waals surface area (Å²) >= 11 is 1.25. The second-order valence-electron chi connectivity index (χ2n) is 5.83. The number of carbonyl (C=O) groups excluding carboxylic acids is 1. The van der Waals surface area contributed by atoms with Crippen molar-refractivity contribution in [1.82, 2.24) is 4.98 Å². The predicted molar refractivity (Wildman–Crippen MR) is 107 cm³/mol. The van der Waals surface area contributed by atoms with E-state index in [-0.39, 0.29) is 11.6 Å². The zero-order valence-corrected chi connectivity index (χ0v) is 15.2. The number of carbonyl (C=O) groups is 1. The van der Waals surface area contributed by atoms with Crippen LogP contribution in [0.15, 0.2) is 72.8 Å². The van der Waals surface area contributed by atoms with E-state index in [1.54, 1.807) is 30.3 Å². The molecule has 28 heavy (non-hydrogen) atoms. The number of nitrogens with zero attached hydrogens (tertiary/aromatic N) is 2. The molecule has 0 saturated heterocycles. The number of benzene rings is 3. The van der Waals surface area contributed by atoms with E-state index < -0.39 is 4.92 Å². The summed E-state index contributed by atoms with van der Waals surface area (Å²) in [6, 6.07) is 20.5. The van der Waals surface area contributed by atoms with Crippen LogP contribution in [0.5, 0.6) is 11.5 Å². The first-order valence-corrected chi connectivity index (χ1v) is 9.09. The summed E-state index contributed by atoms with van der Waals surface area (Å²) in [5.41, 5.74) is 0.843. The zero-order chi connectivity index (χ0) is 19.5. The number of para-hydroxylation sites is 1. The molecular formula is C20H13N3O4S. The van der Waals surface area contributed by atoms with Crippen molar-refractivity contribution in [3.05, 3.63) is 88.5 Å². The van der Waals surface area contributed by atoms with Crippen molar-refractivity contribution in [2.45, 2.75) is 0 Å². The summed E-state index contributed by atoms with van der Waals surface area (Å²) in [7, 11) is 0. The Balaban J connectivity index is 1.52. The Morgan fingerprint density at radius 3 is 2.57 bits per heavy atom. The summed E-state index contributed by atoms with van der Waals surface area (Å²) < 4.78 is 6.50. The summed E-state index contributed by atoms with van der Waals surface area (Å²) in [6.45, 7) is 0. The van der Waals surface area contributed by atoms with Crippen LogP contribution in [-0.2, 0) is 0 Å². The fraction of sp³-hybridized carbons (Fsp3) is 0. The summed E-state index contributed by atoms with van der Waals surface area (Å²) in [4.78, 5) is 27.2. The number of rotatable bonds is 5. The molecule has 0 unspecified atom stereocenters. The molecule has 0 aliphatic rings. The Kier molecular flexibility index (Phi) is 4.69. The normalized spacial score (nSPS) is 10.6. The minimum atomic E-state index is -0.477. The van der Waals surface area contributed by atoms with Crippen LogP contribution >= 0.6 is 11.3 Å². The van der Waals surface area contributed by atoms with E-state index in [0.29, 0.717) is 27.7 Å². The molecule has 8 heteroatoms. The number of nitro groups is 1. The highest BCUT2D eigenvalue weighted by molar-refractivity contribution is 7.22. The van der Waals surface area contributed by atoms with Gasteiger partial charge < -0.3 is 4.74 Å². The van der Waals surface area contributed by atoms with E-state index in [0.717, 1.165) is 4.70 Å². The third-order valence-electron chi connectivity index (χ3n) is 3.88. The molecule has 3 aromatic carbocycles. The van der Waals surface area contributed by atoms with E-state index in [1.807, 2.05) is 30.3 Å². The Labute approximate surface area is 163 Å². The highest BCUT2D eigenvalue weighted by Crippen LogP contribution is 2.29. The molecule has 1 heterocycles. The monoisotopic (exact) mass is 391 g/mol. The lowest BCUT2D eigenvalue weighted by atomic mass is 10.2.